The third-order valence-electron chi connectivity index (χ3n) is 2.67. The summed E-state index contributed by atoms with van der Waals surface area (Å²) in [5.74, 6) is 0.0351. The molecule has 0 aliphatic rings. The highest BCUT2D eigenvalue weighted by Gasteiger charge is 2.13. The number of benzene rings is 1. The van der Waals surface area contributed by atoms with Gasteiger partial charge in [0.2, 0.25) is 0 Å². The molecule has 0 aliphatic heterocycles. The zero-order valence-electron chi connectivity index (χ0n) is 11.4. The number of rotatable bonds is 7. The number of hydrogen-bond donors (Lipinski definition) is 0. The van der Waals surface area contributed by atoms with Crippen LogP contribution >= 0.6 is 0 Å². The van der Waals surface area contributed by atoms with E-state index in [1.54, 1.807) is 13.0 Å². The van der Waals surface area contributed by atoms with Gasteiger partial charge in [-0.1, -0.05) is 35.5 Å². The second-order valence-electron chi connectivity index (χ2n) is 4.19. The summed E-state index contributed by atoms with van der Waals surface area (Å²) in [5.41, 5.74) is 1.39. The first-order valence-corrected chi connectivity index (χ1v) is 6.54. The first-order valence-electron chi connectivity index (χ1n) is 6.54. The number of hydrogen-bond acceptors (Lipinski definition) is 5. The van der Waals surface area contributed by atoms with Gasteiger partial charge in [-0.3, -0.25) is 0 Å². The molecule has 0 aliphatic carbocycles. The second kappa shape index (κ2) is 7.45. The summed E-state index contributed by atoms with van der Waals surface area (Å²) >= 11 is 0. The average Bonchev–Trinajstić information content (AvgIpc) is 2.94. The van der Waals surface area contributed by atoms with Gasteiger partial charge in [0.15, 0.2) is 11.5 Å². The molecular weight excluding hydrogens is 258 g/mol. The zero-order valence-corrected chi connectivity index (χ0v) is 11.4. The molecule has 0 amide bonds. The van der Waals surface area contributed by atoms with Gasteiger partial charge in [-0.2, -0.15) is 0 Å². The van der Waals surface area contributed by atoms with Gasteiger partial charge in [0, 0.05) is 6.07 Å². The quantitative estimate of drug-likeness (QED) is 0.574. The standard InChI is InChI=1S/C15H17NO4/c1-2-19-15(17)14-10-13(20-16-14)11-18-9-8-12-6-4-3-5-7-12/h3-7,10H,2,8-9,11H2,1H3. The lowest BCUT2D eigenvalue weighted by Gasteiger charge is -2.01. The third kappa shape index (κ3) is 4.20. The average molecular weight is 275 g/mol. The smallest absolute Gasteiger partial charge is 0.360 e. The molecule has 0 saturated carbocycles. The summed E-state index contributed by atoms with van der Waals surface area (Å²) in [7, 11) is 0. The fourth-order valence-corrected chi connectivity index (χ4v) is 1.69. The molecule has 0 spiro atoms. The summed E-state index contributed by atoms with van der Waals surface area (Å²) in [6.45, 7) is 2.93. The molecule has 1 aromatic heterocycles. The fourth-order valence-electron chi connectivity index (χ4n) is 1.69. The molecule has 1 heterocycles. The van der Waals surface area contributed by atoms with Crippen LogP contribution in [-0.2, 0) is 22.5 Å². The van der Waals surface area contributed by atoms with E-state index in [1.165, 1.54) is 5.56 Å². The Balaban J connectivity index is 1.73. The van der Waals surface area contributed by atoms with Crippen molar-refractivity contribution in [3.63, 3.8) is 0 Å². The predicted octanol–water partition coefficient (Wildman–Crippen LogP) is 2.61. The molecule has 0 N–H and O–H groups in total. The van der Waals surface area contributed by atoms with Gasteiger partial charge in [-0.05, 0) is 18.9 Å². The minimum atomic E-state index is -0.480. The van der Waals surface area contributed by atoms with Crippen LogP contribution in [0.5, 0.6) is 0 Å². The molecule has 0 radical (unpaired) electrons. The van der Waals surface area contributed by atoms with Crippen LogP contribution < -0.4 is 0 Å². The molecule has 0 fully saturated rings. The zero-order chi connectivity index (χ0) is 14.2. The van der Waals surface area contributed by atoms with E-state index in [0.29, 0.717) is 25.6 Å². The van der Waals surface area contributed by atoms with Crippen LogP contribution in [0.3, 0.4) is 0 Å². The Labute approximate surface area is 117 Å². The van der Waals surface area contributed by atoms with Gasteiger partial charge in [0.05, 0.1) is 13.2 Å². The van der Waals surface area contributed by atoms with Crippen molar-refractivity contribution in [2.45, 2.75) is 20.0 Å². The van der Waals surface area contributed by atoms with Crippen molar-refractivity contribution in [2.24, 2.45) is 0 Å². The van der Waals surface area contributed by atoms with Crippen LogP contribution in [-0.4, -0.2) is 24.3 Å². The summed E-state index contributed by atoms with van der Waals surface area (Å²) in [6, 6.07) is 11.6. The first-order chi connectivity index (χ1) is 9.79. The molecule has 106 valence electrons. The Morgan fingerprint density at radius 2 is 2.10 bits per heavy atom. The van der Waals surface area contributed by atoms with Crippen LogP contribution in [0.1, 0.15) is 28.7 Å². The van der Waals surface area contributed by atoms with Crippen LogP contribution in [0.2, 0.25) is 0 Å². The molecule has 20 heavy (non-hydrogen) atoms. The van der Waals surface area contributed by atoms with E-state index in [-0.39, 0.29) is 5.69 Å². The van der Waals surface area contributed by atoms with E-state index < -0.39 is 5.97 Å². The molecule has 2 rings (SSSR count). The maximum Gasteiger partial charge on any atom is 0.360 e. The van der Waals surface area contributed by atoms with Crippen LogP contribution in [0.4, 0.5) is 0 Å². The first kappa shape index (κ1) is 14.3. The number of ether oxygens (including phenoxy) is 2. The second-order valence-corrected chi connectivity index (χ2v) is 4.19. The van der Waals surface area contributed by atoms with Crippen molar-refractivity contribution >= 4 is 5.97 Å². The summed E-state index contributed by atoms with van der Waals surface area (Å²) in [5, 5.41) is 3.64. The van der Waals surface area contributed by atoms with Crippen molar-refractivity contribution in [3.8, 4) is 0 Å². The van der Waals surface area contributed by atoms with Gasteiger partial charge >= 0.3 is 5.97 Å². The number of nitrogens with zero attached hydrogens (tertiary/aromatic N) is 1. The number of carbonyl (C=O) groups is 1. The molecule has 1 aromatic carbocycles. The van der Waals surface area contributed by atoms with E-state index in [9.17, 15) is 4.79 Å². The largest absolute Gasteiger partial charge is 0.461 e. The molecule has 2 aromatic rings. The lowest BCUT2D eigenvalue weighted by Crippen LogP contribution is -2.04. The minimum absolute atomic E-state index is 0.175. The molecule has 5 heteroatoms. The van der Waals surface area contributed by atoms with Crippen molar-refractivity contribution in [1.29, 1.82) is 0 Å². The molecule has 0 atom stereocenters. The van der Waals surface area contributed by atoms with Crippen molar-refractivity contribution in [3.05, 3.63) is 53.4 Å². The van der Waals surface area contributed by atoms with Gasteiger partial charge in [0.1, 0.15) is 6.61 Å². The van der Waals surface area contributed by atoms with E-state index in [0.717, 1.165) is 6.42 Å². The van der Waals surface area contributed by atoms with Crippen LogP contribution in [0.25, 0.3) is 0 Å². The minimum Gasteiger partial charge on any atom is -0.461 e. The maximum absolute atomic E-state index is 11.4. The van der Waals surface area contributed by atoms with Gasteiger partial charge < -0.3 is 14.0 Å². The van der Waals surface area contributed by atoms with E-state index in [4.69, 9.17) is 14.0 Å². The van der Waals surface area contributed by atoms with Gasteiger partial charge in [0.25, 0.3) is 0 Å². The number of esters is 1. The normalized spacial score (nSPS) is 10.4. The summed E-state index contributed by atoms with van der Waals surface area (Å²) in [6.07, 6.45) is 0.833. The molecule has 0 saturated heterocycles. The monoisotopic (exact) mass is 275 g/mol. The van der Waals surface area contributed by atoms with Gasteiger partial charge in [-0.15, -0.1) is 0 Å². The Hall–Kier alpha value is -2.14. The number of carbonyl (C=O) groups excluding carboxylic acids is 1. The van der Waals surface area contributed by atoms with E-state index in [1.807, 2.05) is 18.2 Å². The highest BCUT2D eigenvalue weighted by molar-refractivity contribution is 5.87. The molecule has 0 unspecified atom stereocenters. The lowest BCUT2D eigenvalue weighted by molar-refractivity contribution is 0.0514. The Kier molecular flexibility index (Phi) is 5.32. The van der Waals surface area contributed by atoms with E-state index >= 15 is 0 Å². The van der Waals surface area contributed by atoms with Crippen molar-refractivity contribution < 1.29 is 18.8 Å². The lowest BCUT2D eigenvalue weighted by atomic mass is 10.2. The highest BCUT2D eigenvalue weighted by Crippen LogP contribution is 2.07. The Morgan fingerprint density at radius 3 is 2.85 bits per heavy atom. The van der Waals surface area contributed by atoms with Crippen molar-refractivity contribution in [1.82, 2.24) is 5.16 Å². The molecule has 0 bridgehead atoms. The van der Waals surface area contributed by atoms with Gasteiger partial charge in [-0.25, -0.2) is 4.79 Å². The molecular formula is C15H17NO4. The van der Waals surface area contributed by atoms with Crippen molar-refractivity contribution in [2.75, 3.05) is 13.2 Å². The number of aromatic nitrogens is 1. The topological polar surface area (TPSA) is 61.6 Å². The summed E-state index contributed by atoms with van der Waals surface area (Å²) in [4.78, 5) is 11.4. The predicted molar refractivity (Wildman–Crippen MR) is 72.3 cm³/mol. The van der Waals surface area contributed by atoms with Crippen LogP contribution in [0.15, 0.2) is 40.9 Å². The maximum atomic E-state index is 11.4. The van der Waals surface area contributed by atoms with Crippen LogP contribution in [0, 0.1) is 0 Å². The van der Waals surface area contributed by atoms with E-state index in [2.05, 4.69) is 17.3 Å². The highest BCUT2D eigenvalue weighted by atomic mass is 16.5. The Morgan fingerprint density at radius 1 is 1.30 bits per heavy atom. The summed E-state index contributed by atoms with van der Waals surface area (Å²) < 4.78 is 15.3. The molecule has 5 nitrogen and oxygen atoms in total. The fraction of sp³-hybridized carbons (Fsp3) is 0.333. The SMILES string of the molecule is CCOC(=O)c1cc(COCCc2ccccc2)on1. The Bertz CT molecular complexity index is 536. The third-order valence-corrected chi connectivity index (χ3v) is 2.67.